The lowest BCUT2D eigenvalue weighted by Crippen LogP contribution is -2.46. The van der Waals surface area contributed by atoms with E-state index in [2.05, 4.69) is 0 Å². The van der Waals surface area contributed by atoms with Gasteiger partial charge in [-0.25, -0.2) is 0 Å². The Bertz CT molecular complexity index is 345. The van der Waals surface area contributed by atoms with Crippen molar-refractivity contribution in [1.29, 1.82) is 0 Å². The number of aliphatic carboxylic acids is 1. The van der Waals surface area contributed by atoms with Gasteiger partial charge in [0.25, 0.3) is 5.54 Å². The molecule has 0 aromatic heterocycles. The van der Waals surface area contributed by atoms with Crippen LogP contribution < -0.4 is 0 Å². The van der Waals surface area contributed by atoms with E-state index < -0.39 is 22.3 Å². The highest BCUT2D eigenvalue weighted by molar-refractivity contribution is 5.76. The van der Waals surface area contributed by atoms with Gasteiger partial charge in [-0.1, -0.05) is 17.7 Å². The molecular formula is C9H11NO4. The molecular weight excluding hydrogens is 186 g/mol. The summed E-state index contributed by atoms with van der Waals surface area (Å²) in [4.78, 5) is 21.1. The van der Waals surface area contributed by atoms with Gasteiger partial charge >= 0.3 is 5.97 Å². The molecule has 0 saturated heterocycles. The number of carboxylic acid groups (broad SMARTS) is 1. The van der Waals surface area contributed by atoms with Crippen molar-refractivity contribution in [2.75, 3.05) is 0 Å². The second kappa shape index (κ2) is 3.25. The van der Waals surface area contributed by atoms with Crippen LogP contribution in [0.2, 0.25) is 0 Å². The first-order valence-electron chi connectivity index (χ1n) is 4.13. The third kappa shape index (κ3) is 1.41. The summed E-state index contributed by atoms with van der Waals surface area (Å²) in [5.74, 6) is -2.25. The van der Waals surface area contributed by atoms with Gasteiger partial charge in [-0.15, -0.1) is 0 Å². The second-order valence-electron chi connectivity index (χ2n) is 3.52. The van der Waals surface area contributed by atoms with Gasteiger partial charge in [-0.05, 0) is 13.0 Å². The van der Waals surface area contributed by atoms with E-state index in [1.807, 2.05) is 0 Å². The van der Waals surface area contributed by atoms with Gasteiger partial charge in [0.1, 0.15) is 0 Å². The first kappa shape index (κ1) is 10.4. The molecule has 1 rings (SSSR count). The minimum Gasteiger partial charge on any atom is -0.481 e. The van der Waals surface area contributed by atoms with Gasteiger partial charge in [0, 0.05) is 11.8 Å². The van der Waals surface area contributed by atoms with Gasteiger partial charge < -0.3 is 5.11 Å². The number of nitrogens with zero attached hydrogens (tertiary/aromatic N) is 1. The van der Waals surface area contributed by atoms with Gasteiger partial charge in [0.15, 0.2) is 5.92 Å². The molecule has 0 heterocycles. The molecule has 14 heavy (non-hydrogen) atoms. The molecule has 1 N–H and O–H groups in total. The standard InChI is InChI=1S/C9H11NO4/c1-6-4-3-5-9(2,10(13)14)7(6)8(11)12/h3-5,7H,1-2H3,(H,11,12). The summed E-state index contributed by atoms with van der Waals surface area (Å²) >= 11 is 0. The summed E-state index contributed by atoms with van der Waals surface area (Å²) in [6, 6.07) is 0. The third-order valence-electron chi connectivity index (χ3n) is 2.47. The molecule has 0 spiro atoms. The first-order valence-corrected chi connectivity index (χ1v) is 4.13. The normalized spacial score (nSPS) is 31.0. The average Bonchev–Trinajstić information content (AvgIpc) is 2.02. The maximum absolute atomic E-state index is 10.9. The molecule has 0 saturated carbocycles. The van der Waals surface area contributed by atoms with Crippen LogP contribution in [-0.2, 0) is 4.79 Å². The van der Waals surface area contributed by atoms with E-state index in [9.17, 15) is 14.9 Å². The van der Waals surface area contributed by atoms with E-state index >= 15 is 0 Å². The Morgan fingerprint density at radius 2 is 2.29 bits per heavy atom. The fourth-order valence-corrected chi connectivity index (χ4v) is 1.66. The minimum absolute atomic E-state index is 0.499. The number of rotatable bonds is 2. The Morgan fingerprint density at radius 3 is 2.64 bits per heavy atom. The molecule has 1 aliphatic rings. The van der Waals surface area contributed by atoms with Gasteiger partial charge in [0.05, 0.1) is 0 Å². The number of carboxylic acids is 1. The zero-order chi connectivity index (χ0) is 10.9. The number of nitro groups is 1. The number of hydrogen-bond acceptors (Lipinski definition) is 3. The third-order valence-corrected chi connectivity index (χ3v) is 2.47. The zero-order valence-corrected chi connectivity index (χ0v) is 7.93. The quantitative estimate of drug-likeness (QED) is 0.533. The zero-order valence-electron chi connectivity index (χ0n) is 7.93. The highest BCUT2D eigenvalue weighted by Crippen LogP contribution is 2.32. The molecule has 0 aliphatic heterocycles. The fraction of sp³-hybridized carbons (Fsp3) is 0.444. The average molecular weight is 197 g/mol. The van der Waals surface area contributed by atoms with Crippen LogP contribution in [0.15, 0.2) is 23.8 Å². The summed E-state index contributed by atoms with van der Waals surface area (Å²) in [7, 11) is 0. The fourth-order valence-electron chi connectivity index (χ4n) is 1.66. The first-order chi connectivity index (χ1) is 6.39. The van der Waals surface area contributed by atoms with E-state index in [1.165, 1.54) is 19.1 Å². The lowest BCUT2D eigenvalue weighted by molar-refractivity contribution is -0.556. The van der Waals surface area contributed by atoms with Crippen molar-refractivity contribution >= 4 is 5.97 Å². The van der Waals surface area contributed by atoms with Crippen LogP contribution in [0.3, 0.4) is 0 Å². The molecule has 1 aliphatic carbocycles. The van der Waals surface area contributed by atoms with Crippen molar-refractivity contribution in [2.24, 2.45) is 5.92 Å². The molecule has 0 amide bonds. The van der Waals surface area contributed by atoms with Crippen molar-refractivity contribution in [1.82, 2.24) is 0 Å². The molecule has 2 atom stereocenters. The van der Waals surface area contributed by atoms with Crippen molar-refractivity contribution < 1.29 is 14.8 Å². The smallest absolute Gasteiger partial charge is 0.318 e. The largest absolute Gasteiger partial charge is 0.481 e. The number of hydrogen-bond donors (Lipinski definition) is 1. The summed E-state index contributed by atoms with van der Waals surface area (Å²) in [5, 5.41) is 19.7. The van der Waals surface area contributed by atoms with Crippen molar-refractivity contribution in [3.63, 3.8) is 0 Å². The molecule has 0 aromatic rings. The van der Waals surface area contributed by atoms with Crippen LogP contribution in [0.4, 0.5) is 0 Å². The van der Waals surface area contributed by atoms with Crippen LogP contribution in [0, 0.1) is 16.0 Å². The van der Waals surface area contributed by atoms with Crippen molar-refractivity contribution in [3.05, 3.63) is 33.9 Å². The van der Waals surface area contributed by atoms with Gasteiger partial charge in [0.2, 0.25) is 0 Å². The van der Waals surface area contributed by atoms with Crippen molar-refractivity contribution in [3.8, 4) is 0 Å². The summed E-state index contributed by atoms with van der Waals surface area (Å²) < 4.78 is 0. The van der Waals surface area contributed by atoms with Crippen LogP contribution in [0.1, 0.15) is 13.8 Å². The number of allylic oxidation sites excluding steroid dienone is 2. The van der Waals surface area contributed by atoms with E-state index in [4.69, 9.17) is 5.11 Å². The molecule has 5 heteroatoms. The van der Waals surface area contributed by atoms with E-state index in [1.54, 1.807) is 13.0 Å². The predicted octanol–water partition coefficient (Wildman–Crippen LogP) is 1.24. The lowest BCUT2D eigenvalue weighted by atomic mass is 9.78. The Balaban J connectivity index is 3.20. The summed E-state index contributed by atoms with van der Waals surface area (Å²) in [6.45, 7) is 2.91. The monoisotopic (exact) mass is 197 g/mol. The molecule has 0 aromatic carbocycles. The van der Waals surface area contributed by atoms with E-state index in [0.717, 1.165) is 0 Å². The lowest BCUT2D eigenvalue weighted by Gasteiger charge is -2.27. The molecule has 0 fully saturated rings. The maximum Gasteiger partial charge on any atom is 0.318 e. The highest BCUT2D eigenvalue weighted by atomic mass is 16.6. The summed E-state index contributed by atoms with van der Waals surface area (Å²) in [5.41, 5.74) is -1.04. The molecule has 2 unspecified atom stereocenters. The maximum atomic E-state index is 10.9. The van der Waals surface area contributed by atoms with Gasteiger partial charge in [-0.3, -0.25) is 14.9 Å². The Labute approximate surface area is 80.9 Å². The second-order valence-corrected chi connectivity index (χ2v) is 3.52. The Kier molecular flexibility index (Phi) is 2.42. The van der Waals surface area contributed by atoms with Crippen LogP contribution in [0.25, 0.3) is 0 Å². The Hall–Kier alpha value is -1.65. The van der Waals surface area contributed by atoms with Crippen molar-refractivity contribution in [2.45, 2.75) is 19.4 Å². The van der Waals surface area contributed by atoms with Gasteiger partial charge in [-0.2, -0.15) is 0 Å². The summed E-state index contributed by atoms with van der Waals surface area (Å²) in [6.07, 6.45) is 4.43. The SMILES string of the molecule is CC1=CC=CC(C)([N+](=O)[O-])C1C(=O)O. The van der Waals surface area contributed by atoms with Crippen LogP contribution in [0.5, 0.6) is 0 Å². The van der Waals surface area contributed by atoms with Crippen LogP contribution >= 0.6 is 0 Å². The topological polar surface area (TPSA) is 80.4 Å². The molecule has 0 radical (unpaired) electrons. The minimum atomic E-state index is -1.54. The number of carbonyl (C=O) groups is 1. The molecule has 0 bridgehead atoms. The predicted molar refractivity (Wildman–Crippen MR) is 49.4 cm³/mol. The highest BCUT2D eigenvalue weighted by Gasteiger charge is 2.49. The molecule has 5 nitrogen and oxygen atoms in total. The Morgan fingerprint density at radius 1 is 1.71 bits per heavy atom. The molecule has 76 valence electrons. The van der Waals surface area contributed by atoms with Crippen LogP contribution in [-0.4, -0.2) is 21.5 Å². The van der Waals surface area contributed by atoms with E-state index in [-0.39, 0.29) is 0 Å². The van der Waals surface area contributed by atoms with E-state index in [0.29, 0.717) is 5.57 Å².